The van der Waals surface area contributed by atoms with Gasteiger partial charge in [-0.3, -0.25) is 4.79 Å². The number of aryl methyl sites for hydroxylation is 1. The molecule has 5 aromatic rings. The van der Waals surface area contributed by atoms with Crippen molar-refractivity contribution in [1.29, 1.82) is 0 Å². The highest BCUT2D eigenvalue weighted by Gasteiger charge is 2.13. The van der Waals surface area contributed by atoms with E-state index in [2.05, 4.69) is 20.0 Å². The van der Waals surface area contributed by atoms with Gasteiger partial charge >= 0.3 is 0 Å². The normalized spacial score (nSPS) is 11.3. The van der Waals surface area contributed by atoms with Crippen LogP contribution in [0.3, 0.4) is 0 Å². The summed E-state index contributed by atoms with van der Waals surface area (Å²) in [7, 11) is 0. The molecule has 1 amide bonds. The molecule has 0 atom stereocenters. The molecule has 2 heterocycles. The van der Waals surface area contributed by atoms with Gasteiger partial charge in [0.2, 0.25) is 17.6 Å². The number of aromatic nitrogens is 3. The third-order valence-electron chi connectivity index (χ3n) is 5.52. The van der Waals surface area contributed by atoms with Crippen molar-refractivity contribution in [3.05, 3.63) is 77.6 Å². The van der Waals surface area contributed by atoms with Crippen LogP contribution in [0.2, 0.25) is 5.02 Å². The first-order chi connectivity index (χ1) is 16.1. The number of amides is 1. The monoisotopic (exact) mass is 460 g/mol. The van der Waals surface area contributed by atoms with Gasteiger partial charge in [0.05, 0.1) is 6.61 Å². The van der Waals surface area contributed by atoms with Crippen molar-refractivity contribution >= 4 is 45.0 Å². The number of hydrogen-bond acceptors (Lipinski definition) is 5. The van der Waals surface area contributed by atoms with Gasteiger partial charge in [-0.25, -0.2) is 0 Å². The molecule has 7 nitrogen and oxygen atoms in total. The largest absolute Gasteiger partial charge is 0.395 e. The molecular weight excluding hydrogens is 440 g/mol. The van der Waals surface area contributed by atoms with Gasteiger partial charge in [-0.1, -0.05) is 35.0 Å². The number of fused-ring (bicyclic) bond motifs is 3. The number of nitrogens with one attached hydrogen (secondary N) is 1. The number of halogens is 1. The van der Waals surface area contributed by atoms with Gasteiger partial charge in [0.1, 0.15) is 0 Å². The molecule has 0 saturated carbocycles. The van der Waals surface area contributed by atoms with Crippen LogP contribution in [0.25, 0.3) is 33.2 Å². The molecule has 0 bridgehead atoms. The highest BCUT2D eigenvalue weighted by molar-refractivity contribution is 6.30. The smallest absolute Gasteiger partial charge is 0.227 e. The van der Waals surface area contributed by atoms with Gasteiger partial charge in [0.25, 0.3) is 0 Å². The molecule has 2 N–H and O–H groups in total. The van der Waals surface area contributed by atoms with E-state index in [0.29, 0.717) is 35.4 Å². The SMILES string of the molecule is O=C(CCc1nc(-c2ccc(Cl)cc2)no1)Nc1ccc2c(c1)c1ccccc1n2CCO. The first-order valence-electron chi connectivity index (χ1n) is 10.6. The second kappa shape index (κ2) is 9.05. The Kier molecular flexibility index (Phi) is 5.81. The summed E-state index contributed by atoms with van der Waals surface area (Å²) in [5.41, 5.74) is 3.58. The molecule has 0 spiro atoms. The number of benzene rings is 3. The molecular formula is C25H21ClN4O3. The number of rotatable bonds is 7. The van der Waals surface area contributed by atoms with Crippen LogP contribution in [-0.4, -0.2) is 32.3 Å². The van der Waals surface area contributed by atoms with Crippen molar-refractivity contribution in [3.8, 4) is 11.4 Å². The Labute approximate surface area is 194 Å². The summed E-state index contributed by atoms with van der Waals surface area (Å²) < 4.78 is 7.37. The molecule has 33 heavy (non-hydrogen) atoms. The molecule has 0 aliphatic rings. The highest BCUT2D eigenvalue weighted by Crippen LogP contribution is 2.31. The van der Waals surface area contributed by atoms with Crippen LogP contribution in [0, 0.1) is 0 Å². The fraction of sp³-hybridized carbons (Fsp3) is 0.160. The number of hydrogen-bond donors (Lipinski definition) is 2. The van der Waals surface area contributed by atoms with Gasteiger partial charge in [-0.05, 0) is 48.5 Å². The van der Waals surface area contributed by atoms with Crippen LogP contribution in [-0.2, 0) is 17.8 Å². The lowest BCUT2D eigenvalue weighted by molar-refractivity contribution is -0.116. The molecule has 0 radical (unpaired) electrons. The number of carbonyl (C=O) groups excluding carboxylic acids is 1. The van der Waals surface area contributed by atoms with Crippen molar-refractivity contribution in [2.75, 3.05) is 11.9 Å². The van der Waals surface area contributed by atoms with E-state index in [4.69, 9.17) is 16.1 Å². The van der Waals surface area contributed by atoms with Crippen molar-refractivity contribution in [1.82, 2.24) is 14.7 Å². The average Bonchev–Trinajstić information content (AvgIpc) is 3.42. The molecule has 8 heteroatoms. The maximum Gasteiger partial charge on any atom is 0.227 e. The van der Waals surface area contributed by atoms with E-state index in [1.807, 2.05) is 54.6 Å². The van der Waals surface area contributed by atoms with E-state index < -0.39 is 0 Å². The number of anilines is 1. The standard InChI is InChI=1S/C25H21ClN4O3/c26-17-7-5-16(6-8-17)25-28-24(33-29-25)12-11-23(32)27-18-9-10-22-20(15-18)19-3-1-2-4-21(19)30(22)13-14-31/h1-10,15,31H,11-14H2,(H,27,32). The minimum Gasteiger partial charge on any atom is -0.395 e. The molecule has 0 unspecified atom stereocenters. The highest BCUT2D eigenvalue weighted by atomic mass is 35.5. The number of nitrogens with zero attached hydrogens (tertiary/aromatic N) is 3. The molecule has 0 aliphatic heterocycles. The zero-order valence-corrected chi connectivity index (χ0v) is 18.4. The summed E-state index contributed by atoms with van der Waals surface area (Å²) in [6.45, 7) is 0.569. The van der Waals surface area contributed by atoms with Crippen LogP contribution in [0.15, 0.2) is 71.3 Å². The molecule has 3 aromatic carbocycles. The van der Waals surface area contributed by atoms with Crippen molar-refractivity contribution in [3.63, 3.8) is 0 Å². The van der Waals surface area contributed by atoms with Gasteiger partial charge in [0, 0.05) is 57.5 Å². The quantitative estimate of drug-likeness (QED) is 0.354. The summed E-state index contributed by atoms with van der Waals surface area (Å²) in [5.74, 6) is 0.726. The van der Waals surface area contributed by atoms with Crippen LogP contribution < -0.4 is 5.32 Å². The Morgan fingerprint density at radius 2 is 1.82 bits per heavy atom. The van der Waals surface area contributed by atoms with E-state index in [1.165, 1.54) is 0 Å². The van der Waals surface area contributed by atoms with Crippen molar-refractivity contribution in [2.24, 2.45) is 0 Å². The van der Waals surface area contributed by atoms with Gasteiger partial charge in [-0.15, -0.1) is 0 Å². The summed E-state index contributed by atoms with van der Waals surface area (Å²) in [5, 5.41) is 19.1. The molecule has 0 aliphatic carbocycles. The molecule has 166 valence electrons. The maximum absolute atomic E-state index is 12.6. The van der Waals surface area contributed by atoms with Gasteiger partial charge in [0.15, 0.2) is 0 Å². The fourth-order valence-corrected chi connectivity index (χ4v) is 4.11. The molecule has 0 fully saturated rings. The lowest BCUT2D eigenvalue weighted by Gasteiger charge is -2.07. The molecule has 2 aromatic heterocycles. The Balaban J connectivity index is 1.29. The van der Waals surface area contributed by atoms with Crippen molar-refractivity contribution < 1.29 is 14.4 Å². The van der Waals surface area contributed by atoms with Crippen LogP contribution >= 0.6 is 11.6 Å². The predicted octanol–water partition coefficient (Wildman–Crippen LogP) is 5.06. The average molecular weight is 461 g/mol. The number of carbonyl (C=O) groups is 1. The zero-order valence-electron chi connectivity index (χ0n) is 17.7. The fourth-order valence-electron chi connectivity index (χ4n) is 3.99. The van der Waals surface area contributed by atoms with E-state index in [9.17, 15) is 9.90 Å². The van der Waals surface area contributed by atoms with Crippen LogP contribution in [0.4, 0.5) is 5.69 Å². The van der Waals surface area contributed by atoms with Crippen LogP contribution in [0.5, 0.6) is 0 Å². The third-order valence-corrected chi connectivity index (χ3v) is 5.77. The van der Waals surface area contributed by atoms with E-state index in [1.54, 1.807) is 12.1 Å². The van der Waals surface area contributed by atoms with Crippen LogP contribution in [0.1, 0.15) is 12.3 Å². The van der Waals surface area contributed by atoms with Gasteiger partial charge < -0.3 is 19.5 Å². The minimum absolute atomic E-state index is 0.0572. The third kappa shape index (κ3) is 4.33. The molecule has 5 rings (SSSR count). The number of aliphatic hydroxyl groups excluding tert-OH is 1. The summed E-state index contributed by atoms with van der Waals surface area (Å²) in [6.07, 6.45) is 0.553. The zero-order chi connectivity index (χ0) is 22.8. The van der Waals surface area contributed by atoms with E-state index in [0.717, 1.165) is 27.4 Å². The lowest BCUT2D eigenvalue weighted by Crippen LogP contribution is -2.12. The Morgan fingerprint density at radius 3 is 2.64 bits per heavy atom. The number of para-hydroxylation sites is 1. The van der Waals surface area contributed by atoms with E-state index >= 15 is 0 Å². The van der Waals surface area contributed by atoms with E-state index in [-0.39, 0.29) is 18.9 Å². The lowest BCUT2D eigenvalue weighted by atomic mass is 10.1. The predicted molar refractivity (Wildman–Crippen MR) is 128 cm³/mol. The molecule has 0 saturated heterocycles. The topological polar surface area (TPSA) is 93.2 Å². The first kappa shape index (κ1) is 21.2. The Bertz CT molecular complexity index is 1440. The summed E-state index contributed by atoms with van der Waals surface area (Å²) >= 11 is 5.91. The second-order valence-electron chi connectivity index (χ2n) is 7.69. The maximum atomic E-state index is 12.6. The second-order valence-corrected chi connectivity index (χ2v) is 8.13. The van der Waals surface area contributed by atoms with Gasteiger partial charge in [-0.2, -0.15) is 4.98 Å². The summed E-state index contributed by atoms with van der Waals surface area (Å²) in [6, 6.07) is 21.0. The number of aliphatic hydroxyl groups is 1. The Hall–Kier alpha value is -3.68. The first-order valence-corrected chi connectivity index (χ1v) is 11.0. The Morgan fingerprint density at radius 1 is 1.03 bits per heavy atom. The van der Waals surface area contributed by atoms with Crippen molar-refractivity contribution in [2.45, 2.75) is 19.4 Å². The minimum atomic E-state index is -0.139. The summed E-state index contributed by atoms with van der Waals surface area (Å²) in [4.78, 5) is 16.9.